The van der Waals surface area contributed by atoms with E-state index in [2.05, 4.69) is 13.8 Å². The van der Waals surface area contributed by atoms with Crippen LogP contribution in [0.1, 0.15) is 39.5 Å². The van der Waals surface area contributed by atoms with E-state index >= 15 is 0 Å². The van der Waals surface area contributed by atoms with E-state index in [4.69, 9.17) is 4.74 Å². The molecule has 0 aromatic heterocycles. The summed E-state index contributed by atoms with van der Waals surface area (Å²) in [4.78, 5) is 14.1. The van der Waals surface area contributed by atoms with Gasteiger partial charge in [-0.25, -0.2) is 0 Å². The van der Waals surface area contributed by atoms with E-state index in [1.807, 2.05) is 4.90 Å². The Morgan fingerprint density at radius 1 is 1.25 bits per heavy atom. The standard InChI is InChI=1S/C13H23NO2/c1-10(2)11-5-7-14(8-6-11)13(15)12-4-3-9-16-12/h10-12H,3-9H2,1-2H3. The molecule has 2 heterocycles. The molecule has 3 nitrogen and oxygen atoms in total. The van der Waals surface area contributed by atoms with Crippen LogP contribution >= 0.6 is 0 Å². The van der Waals surface area contributed by atoms with Crippen LogP contribution in [0.3, 0.4) is 0 Å². The van der Waals surface area contributed by atoms with Crippen molar-refractivity contribution in [3.05, 3.63) is 0 Å². The fourth-order valence-corrected chi connectivity index (χ4v) is 2.76. The number of hydrogen-bond acceptors (Lipinski definition) is 2. The van der Waals surface area contributed by atoms with Crippen molar-refractivity contribution in [1.82, 2.24) is 4.90 Å². The van der Waals surface area contributed by atoms with Crippen molar-refractivity contribution in [3.8, 4) is 0 Å². The molecule has 1 atom stereocenters. The van der Waals surface area contributed by atoms with Crippen LogP contribution in [0.4, 0.5) is 0 Å². The number of likely N-dealkylation sites (tertiary alicyclic amines) is 1. The van der Waals surface area contributed by atoms with E-state index in [9.17, 15) is 4.79 Å². The van der Waals surface area contributed by atoms with Gasteiger partial charge in [0.15, 0.2) is 0 Å². The highest BCUT2D eigenvalue weighted by atomic mass is 16.5. The molecule has 2 fully saturated rings. The zero-order chi connectivity index (χ0) is 11.5. The number of nitrogens with zero attached hydrogens (tertiary/aromatic N) is 1. The Bertz CT molecular complexity index is 238. The minimum absolute atomic E-state index is 0.129. The highest BCUT2D eigenvalue weighted by Gasteiger charge is 2.31. The number of piperidine rings is 1. The summed E-state index contributed by atoms with van der Waals surface area (Å²) in [6, 6.07) is 0. The fraction of sp³-hybridized carbons (Fsp3) is 0.923. The molecule has 2 aliphatic rings. The van der Waals surface area contributed by atoms with Gasteiger partial charge in [-0.2, -0.15) is 0 Å². The maximum Gasteiger partial charge on any atom is 0.251 e. The lowest BCUT2D eigenvalue weighted by atomic mass is 9.86. The normalized spacial score (nSPS) is 27.7. The lowest BCUT2D eigenvalue weighted by Gasteiger charge is -2.34. The van der Waals surface area contributed by atoms with Crippen molar-refractivity contribution in [2.24, 2.45) is 11.8 Å². The molecule has 0 spiro atoms. The van der Waals surface area contributed by atoms with Crippen LogP contribution in [-0.4, -0.2) is 36.6 Å². The molecule has 0 aliphatic carbocycles. The number of carbonyl (C=O) groups excluding carboxylic acids is 1. The lowest BCUT2D eigenvalue weighted by molar-refractivity contribution is -0.142. The first-order chi connectivity index (χ1) is 7.68. The lowest BCUT2D eigenvalue weighted by Crippen LogP contribution is -2.44. The van der Waals surface area contributed by atoms with Crippen molar-refractivity contribution in [3.63, 3.8) is 0 Å². The van der Waals surface area contributed by atoms with E-state index in [-0.39, 0.29) is 12.0 Å². The van der Waals surface area contributed by atoms with Crippen molar-refractivity contribution in [1.29, 1.82) is 0 Å². The maximum absolute atomic E-state index is 12.1. The van der Waals surface area contributed by atoms with Gasteiger partial charge in [0.25, 0.3) is 5.91 Å². The van der Waals surface area contributed by atoms with Gasteiger partial charge in [-0.1, -0.05) is 13.8 Å². The van der Waals surface area contributed by atoms with Crippen LogP contribution in [0.15, 0.2) is 0 Å². The Kier molecular flexibility index (Phi) is 3.85. The minimum Gasteiger partial charge on any atom is -0.368 e. The Morgan fingerprint density at radius 3 is 2.44 bits per heavy atom. The third kappa shape index (κ3) is 2.57. The van der Waals surface area contributed by atoms with Crippen molar-refractivity contribution in [2.75, 3.05) is 19.7 Å². The molecule has 3 heteroatoms. The molecule has 2 aliphatic heterocycles. The smallest absolute Gasteiger partial charge is 0.251 e. The third-order valence-corrected chi connectivity index (χ3v) is 4.00. The summed E-state index contributed by atoms with van der Waals surface area (Å²) in [7, 11) is 0. The molecule has 0 saturated carbocycles. The molecule has 0 bridgehead atoms. The molecule has 1 unspecified atom stereocenters. The SMILES string of the molecule is CC(C)C1CCN(C(=O)C2CCCO2)CC1. The summed E-state index contributed by atoms with van der Waals surface area (Å²) in [5.41, 5.74) is 0. The van der Waals surface area contributed by atoms with Gasteiger partial charge in [0, 0.05) is 19.7 Å². The highest BCUT2D eigenvalue weighted by molar-refractivity contribution is 5.81. The molecular formula is C13H23NO2. The molecule has 0 aromatic carbocycles. The summed E-state index contributed by atoms with van der Waals surface area (Å²) in [6.45, 7) is 7.19. The third-order valence-electron chi connectivity index (χ3n) is 4.00. The van der Waals surface area contributed by atoms with Gasteiger partial charge in [-0.15, -0.1) is 0 Å². The number of carbonyl (C=O) groups is 1. The fourth-order valence-electron chi connectivity index (χ4n) is 2.76. The van der Waals surface area contributed by atoms with Gasteiger partial charge < -0.3 is 9.64 Å². The molecular weight excluding hydrogens is 202 g/mol. The van der Waals surface area contributed by atoms with E-state index < -0.39 is 0 Å². The van der Waals surface area contributed by atoms with Gasteiger partial charge >= 0.3 is 0 Å². The molecule has 92 valence electrons. The summed E-state index contributed by atoms with van der Waals surface area (Å²) >= 11 is 0. The van der Waals surface area contributed by atoms with E-state index in [0.717, 1.165) is 57.2 Å². The van der Waals surface area contributed by atoms with Gasteiger partial charge in [0.05, 0.1) is 0 Å². The second kappa shape index (κ2) is 5.17. The predicted molar refractivity (Wildman–Crippen MR) is 63.1 cm³/mol. The maximum atomic E-state index is 12.1. The first-order valence-corrected chi connectivity index (χ1v) is 6.59. The van der Waals surface area contributed by atoms with Crippen LogP contribution in [0.25, 0.3) is 0 Å². The van der Waals surface area contributed by atoms with Gasteiger partial charge in [0.1, 0.15) is 6.10 Å². The van der Waals surface area contributed by atoms with Crippen molar-refractivity contribution < 1.29 is 9.53 Å². The number of amides is 1. The monoisotopic (exact) mass is 225 g/mol. The van der Waals surface area contributed by atoms with E-state index in [1.54, 1.807) is 0 Å². The molecule has 16 heavy (non-hydrogen) atoms. The molecule has 0 radical (unpaired) electrons. The zero-order valence-corrected chi connectivity index (χ0v) is 10.4. The van der Waals surface area contributed by atoms with Crippen LogP contribution < -0.4 is 0 Å². The Labute approximate surface area is 98.1 Å². The Balaban J connectivity index is 1.81. The molecule has 0 N–H and O–H groups in total. The minimum atomic E-state index is -0.129. The van der Waals surface area contributed by atoms with Gasteiger partial charge in [0.2, 0.25) is 0 Å². The number of hydrogen-bond donors (Lipinski definition) is 0. The van der Waals surface area contributed by atoms with Crippen LogP contribution in [0, 0.1) is 11.8 Å². The molecule has 2 saturated heterocycles. The van der Waals surface area contributed by atoms with E-state index in [1.165, 1.54) is 0 Å². The van der Waals surface area contributed by atoms with Crippen molar-refractivity contribution >= 4 is 5.91 Å². The van der Waals surface area contributed by atoms with Gasteiger partial charge in [-0.05, 0) is 37.5 Å². The highest BCUT2D eigenvalue weighted by Crippen LogP contribution is 2.25. The molecule has 1 amide bonds. The Hall–Kier alpha value is -0.570. The second-order valence-corrected chi connectivity index (χ2v) is 5.41. The summed E-state index contributed by atoms with van der Waals surface area (Å²) < 4.78 is 5.45. The van der Waals surface area contributed by atoms with Crippen LogP contribution in [-0.2, 0) is 9.53 Å². The van der Waals surface area contributed by atoms with Gasteiger partial charge in [-0.3, -0.25) is 4.79 Å². The topological polar surface area (TPSA) is 29.5 Å². The molecule has 2 rings (SSSR count). The second-order valence-electron chi connectivity index (χ2n) is 5.41. The van der Waals surface area contributed by atoms with Crippen molar-refractivity contribution in [2.45, 2.75) is 45.6 Å². The first-order valence-electron chi connectivity index (χ1n) is 6.59. The average molecular weight is 225 g/mol. The number of ether oxygens (including phenoxy) is 1. The largest absolute Gasteiger partial charge is 0.368 e. The molecule has 0 aromatic rings. The average Bonchev–Trinajstić information content (AvgIpc) is 2.81. The summed E-state index contributed by atoms with van der Waals surface area (Å²) in [6.07, 6.45) is 4.16. The van der Waals surface area contributed by atoms with Crippen LogP contribution in [0.2, 0.25) is 0 Å². The summed E-state index contributed by atoms with van der Waals surface area (Å²) in [5.74, 6) is 1.79. The van der Waals surface area contributed by atoms with E-state index in [0.29, 0.717) is 0 Å². The quantitative estimate of drug-likeness (QED) is 0.720. The first kappa shape index (κ1) is 11.9. The summed E-state index contributed by atoms with van der Waals surface area (Å²) in [5, 5.41) is 0. The number of rotatable bonds is 2. The Morgan fingerprint density at radius 2 is 1.94 bits per heavy atom. The zero-order valence-electron chi connectivity index (χ0n) is 10.4. The predicted octanol–water partition coefficient (Wildman–Crippen LogP) is 2.06. The van der Waals surface area contributed by atoms with Crippen LogP contribution in [0.5, 0.6) is 0 Å².